The number of hydrogen-bond acceptors (Lipinski definition) is 2. The minimum absolute atomic E-state index is 0.107. The molecular formula is C44H68N2O2+2. The number of pyridine rings is 2. The van der Waals surface area contributed by atoms with Gasteiger partial charge in [-0.2, -0.15) is 0 Å². The van der Waals surface area contributed by atoms with Gasteiger partial charge in [0.25, 0.3) is 0 Å². The number of benzene rings is 1. The van der Waals surface area contributed by atoms with E-state index in [-0.39, 0.29) is 10.8 Å². The lowest BCUT2D eigenvalue weighted by Gasteiger charge is -2.26. The lowest BCUT2D eigenvalue weighted by Crippen LogP contribution is -2.33. The Labute approximate surface area is 294 Å². The maximum absolute atomic E-state index is 6.38. The first-order valence-electron chi connectivity index (χ1n) is 19.5. The standard InChI is InChI=1S/C44H68N2O2/c1-43(2,3)39-34-40(44(4,5)6)36-42(35-39)48-32-18-14-17-26-45-28-22-37(23-29-45)38-24-30-46(31-25-38)27-19-33-47-41-20-15-12-10-8-7-9-11-13-16-21-41/h22-25,28-31,34-36,41H,7-21,26-27,32-33H2,1-6H3/q+2. The van der Waals surface area contributed by atoms with E-state index < -0.39 is 0 Å². The molecule has 4 rings (SSSR count). The molecule has 0 aliphatic heterocycles. The summed E-state index contributed by atoms with van der Waals surface area (Å²) >= 11 is 0. The molecule has 1 fully saturated rings. The van der Waals surface area contributed by atoms with E-state index in [0.717, 1.165) is 57.7 Å². The molecule has 2 aromatic heterocycles. The number of aryl methyl sites for hydroxylation is 2. The Morgan fingerprint density at radius 2 is 1.00 bits per heavy atom. The minimum atomic E-state index is 0.107. The van der Waals surface area contributed by atoms with Crippen LogP contribution in [0, 0.1) is 0 Å². The zero-order valence-electron chi connectivity index (χ0n) is 31.6. The maximum Gasteiger partial charge on any atom is 0.169 e. The van der Waals surface area contributed by atoms with Gasteiger partial charge in [-0.25, -0.2) is 9.13 Å². The van der Waals surface area contributed by atoms with Gasteiger partial charge in [0.15, 0.2) is 31.3 Å². The summed E-state index contributed by atoms with van der Waals surface area (Å²) in [6, 6.07) is 15.8. The zero-order chi connectivity index (χ0) is 34.2. The molecule has 4 heteroatoms. The van der Waals surface area contributed by atoms with Gasteiger partial charge >= 0.3 is 0 Å². The lowest BCUT2D eigenvalue weighted by molar-refractivity contribution is -0.697. The van der Waals surface area contributed by atoms with E-state index in [9.17, 15) is 0 Å². The Hall–Kier alpha value is -2.72. The highest BCUT2D eigenvalue weighted by molar-refractivity contribution is 5.60. The van der Waals surface area contributed by atoms with E-state index >= 15 is 0 Å². The van der Waals surface area contributed by atoms with Crippen molar-refractivity contribution in [3.63, 3.8) is 0 Å². The molecule has 48 heavy (non-hydrogen) atoms. The van der Waals surface area contributed by atoms with Crippen LogP contribution in [0.2, 0.25) is 0 Å². The van der Waals surface area contributed by atoms with Crippen molar-refractivity contribution in [3.05, 3.63) is 78.4 Å². The van der Waals surface area contributed by atoms with E-state index in [4.69, 9.17) is 9.47 Å². The monoisotopic (exact) mass is 657 g/mol. The summed E-state index contributed by atoms with van der Waals surface area (Å²) in [7, 11) is 0. The first kappa shape index (κ1) is 38.1. The molecule has 0 atom stereocenters. The third-order valence-electron chi connectivity index (χ3n) is 10.0. The molecule has 0 N–H and O–H groups in total. The highest BCUT2D eigenvalue weighted by Gasteiger charge is 2.21. The molecule has 1 aromatic carbocycles. The fourth-order valence-electron chi connectivity index (χ4n) is 6.70. The smallest absolute Gasteiger partial charge is 0.169 e. The summed E-state index contributed by atoms with van der Waals surface area (Å²) < 4.78 is 17.2. The van der Waals surface area contributed by atoms with Crippen LogP contribution >= 0.6 is 0 Å². The number of unbranched alkanes of at least 4 members (excludes halogenated alkanes) is 2. The van der Waals surface area contributed by atoms with E-state index in [0.29, 0.717) is 6.10 Å². The van der Waals surface area contributed by atoms with Crippen LogP contribution < -0.4 is 13.9 Å². The third-order valence-corrected chi connectivity index (χ3v) is 10.0. The van der Waals surface area contributed by atoms with Crippen LogP contribution in [0.25, 0.3) is 11.1 Å². The first-order chi connectivity index (χ1) is 23.1. The second-order valence-corrected chi connectivity index (χ2v) is 16.4. The van der Waals surface area contributed by atoms with Crippen molar-refractivity contribution < 1.29 is 18.6 Å². The van der Waals surface area contributed by atoms with E-state index in [1.165, 1.54) is 92.9 Å². The molecule has 1 aliphatic rings. The molecule has 1 aliphatic carbocycles. The van der Waals surface area contributed by atoms with Crippen LogP contribution in [0.3, 0.4) is 0 Å². The largest absolute Gasteiger partial charge is 0.494 e. The van der Waals surface area contributed by atoms with E-state index in [2.05, 4.69) is 118 Å². The molecule has 0 bridgehead atoms. The van der Waals surface area contributed by atoms with Gasteiger partial charge in [0, 0.05) is 37.1 Å². The fraction of sp³-hybridized carbons (Fsp3) is 0.636. The summed E-state index contributed by atoms with van der Waals surface area (Å²) in [5.41, 5.74) is 5.44. The van der Waals surface area contributed by atoms with Crippen molar-refractivity contribution >= 4 is 0 Å². The van der Waals surface area contributed by atoms with Crippen molar-refractivity contribution in [2.45, 2.75) is 168 Å². The van der Waals surface area contributed by atoms with Gasteiger partial charge in [0.1, 0.15) is 12.3 Å². The van der Waals surface area contributed by atoms with Gasteiger partial charge in [-0.15, -0.1) is 0 Å². The molecule has 0 amide bonds. The molecule has 0 radical (unpaired) electrons. The number of ether oxygens (including phenoxy) is 2. The molecule has 3 aromatic rings. The van der Waals surface area contributed by atoms with Crippen LogP contribution in [-0.2, 0) is 28.7 Å². The number of nitrogens with zero attached hydrogens (tertiary/aromatic N) is 2. The second-order valence-electron chi connectivity index (χ2n) is 16.4. The van der Waals surface area contributed by atoms with Crippen LogP contribution in [0.5, 0.6) is 5.75 Å². The number of hydrogen-bond donors (Lipinski definition) is 0. The van der Waals surface area contributed by atoms with Gasteiger partial charge in [-0.3, -0.25) is 0 Å². The van der Waals surface area contributed by atoms with E-state index in [1.807, 2.05) is 0 Å². The summed E-state index contributed by atoms with van der Waals surface area (Å²) in [5.74, 6) is 1.01. The summed E-state index contributed by atoms with van der Waals surface area (Å²) in [6.45, 7) is 17.3. The van der Waals surface area contributed by atoms with Crippen LogP contribution in [0.1, 0.15) is 149 Å². The van der Waals surface area contributed by atoms with Crippen molar-refractivity contribution in [2.24, 2.45) is 0 Å². The molecule has 2 heterocycles. The highest BCUT2D eigenvalue weighted by atomic mass is 16.5. The van der Waals surface area contributed by atoms with Crippen molar-refractivity contribution in [1.29, 1.82) is 0 Å². The number of rotatable bonds is 13. The average Bonchev–Trinajstić information content (AvgIpc) is 3.05. The Morgan fingerprint density at radius 3 is 1.48 bits per heavy atom. The minimum Gasteiger partial charge on any atom is -0.494 e. The molecular weight excluding hydrogens is 588 g/mol. The summed E-state index contributed by atoms with van der Waals surface area (Å²) in [6.07, 6.45) is 28.8. The fourth-order valence-corrected chi connectivity index (χ4v) is 6.70. The maximum atomic E-state index is 6.38. The topological polar surface area (TPSA) is 26.2 Å². The van der Waals surface area contributed by atoms with Gasteiger partial charge in [-0.1, -0.05) is 105 Å². The predicted molar refractivity (Wildman–Crippen MR) is 201 cm³/mol. The lowest BCUT2D eigenvalue weighted by atomic mass is 9.80. The normalized spacial score (nSPS) is 15.9. The average molecular weight is 657 g/mol. The number of aromatic nitrogens is 2. The van der Waals surface area contributed by atoms with Gasteiger partial charge in [-0.05, 0) is 70.9 Å². The molecule has 4 nitrogen and oxygen atoms in total. The SMILES string of the molecule is CC(C)(C)c1cc(OCCCCC[n+]2ccc(-c3cc[n+](CCCOC4CCCCCCCCCCC4)cc3)cc2)cc(C(C)(C)C)c1. The van der Waals surface area contributed by atoms with Gasteiger partial charge < -0.3 is 9.47 Å². The predicted octanol–water partition coefficient (Wildman–Crippen LogP) is 10.9. The Balaban J connectivity index is 1.13. The summed E-state index contributed by atoms with van der Waals surface area (Å²) in [4.78, 5) is 0. The van der Waals surface area contributed by atoms with Crippen molar-refractivity contribution in [2.75, 3.05) is 13.2 Å². The van der Waals surface area contributed by atoms with E-state index in [1.54, 1.807) is 0 Å². The quantitative estimate of drug-likeness (QED) is 0.135. The first-order valence-corrected chi connectivity index (χ1v) is 19.5. The summed E-state index contributed by atoms with van der Waals surface area (Å²) in [5, 5.41) is 0. The second kappa shape index (κ2) is 19.5. The Bertz CT molecular complexity index is 1270. The van der Waals surface area contributed by atoms with Gasteiger partial charge in [0.2, 0.25) is 0 Å². The molecule has 1 saturated carbocycles. The van der Waals surface area contributed by atoms with Crippen LogP contribution in [-0.4, -0.2) is 19.3 Å². The third kappa shape index (κ3) is 13.7. The molecule has 264 valence electrons. The molecule has 0 unspecified atom stereocenters. The highest BCUT2D eigenvalue weighted by Crippen LogP contribution is 2.33. The Morgan fingerprint density at radius 1 is 0.542 bits per heavy atom. The Kier molecular flexibility index (Phi) is 15.4. The molecule has 0 spiro atoms. The molecule has 0 saturated heterocycles. The zero-order valence-corrected chi connectivity index (χ0v) is 31.6. The van der Waals surface area contributed by atoms with Crippen molar-refractivity contribution in [1.82, 2.24) is 0 Å². The van der Waals surface area contributed by atoms with Crippen molar-refractivity contribution in [3.8, 4) is 16.9 Å². The van der Waals surface area contributed by atoms with Gasteiger partial charge in [0.05, 0.1) is 19.3 Å². The van der Waals surface area contributed by atoms with Crippen LogP contribution in [0.4, 0.5) is 0 Å². The van der Waals surface area contributed by atoms with Crippen LogP contribution in [0.15, 0.2) is 67.3 Å².